The normalized spacial score (nSPS) is 11.9. The van der Waals surface area contributed by atoms with E-state index in [-0.39, 0.29) is 18.4 Å². The molecule has 0 saturated heterocycles. The van der Waals surface area contributed by atoms with Crippen LogP contribution in [-0.4, -0.2) is 17.9 Å². The summed E-state index contributed by atoms with van der Waals surface area (Å²) in [5.74, 6) is -2.78. The lowest BCUT2D eigenvalue weighted by Crippen LogP contribution is -2.46. The SMILES string of the molecule is NC(=O)[C@@H](Cc1cccc2ccccc12)NC(=O)Cc1ccc(F)cc1F. The molecule has 4 nitrogen and oxygen atoms in total. The van der Waals surface area contributed by atoms with Gasteiger partial charge in [0.2, 0.25) is 11.8 Å². The molecule has 0 aliphatic carbocycles. The van der Waals surface area contributed by atoms with Crippen molar-refractivity contribution in [2.24, 2.45) is 5.73 Å². The van der Waals surface area contributed by atoms with Crippen LogP contribution in [0.25, 0.3) is 10.8 Å². The van der Waals surface area contributed by atoms with Crippen molar-refractivity contribution < 1.29 is 18.4 Å². The minimum absolute atomic E-state index is 0.0438. The second-order valence-electron chi connectivity index (χ2n) is 6.28. The predicted molar refractivity (Wildman–Crippen MR) is 98.8 cm³/mol. The Labute approximate surface area is 155 Å². The van der Waals surface area contributed by atoms with E-state index >= 15 is 0 Å². The fraction of sp³-hybridized carbons (Fsp3) is 0.143. The summed E-state index contributed by atoms with van der Waals surface area (Å²) in [6.07, 6.45) is -0.0975. The highest BCUT2D eigenvalue weighted by molar-refractivity contribution is 5.90. The molecule has 0 fully saturated rings. The van der Waals surface area contributed by atoms with Crippen molar-refractivity contribution in [1.82, 2.24) is 5.32 Å². The van der Waals surface area contributed by atoms with Crippen LogP contribution < -0.4 is 11.1 Å². The summed E-state index contributed by atoms with van der Waals surface area (Å²) >= 11 is 0. The van der Waals surface area contributed by atoms with Gasteiger partial charge in [0.05, 0.1) is 6.42 Å². The first kappa shape index (κ1) is 18.5. The molecule has 0 saturated carbocycles. The lowest BCUT2D eigenvalue weighted by Gasteiger charge is -2.17. The van der Waals surface area contributed by atoms with Crippen LogP contribution in [0.15, 0.2) is 60.7 Å². The number of fused-ring (bicyclic) bond motifs is 1. The summed E-state index contributed by atoms with van der Waals surface area (Å²) in [6.45, 7) is 0. The van der Waals surface area contributed by atoms with Gasteiger partial charge in [-0.05, 0) is 28.0 Å². The first-order chi connectivity index (χ1) is 12.9. The molecule has 2 amide bonds. The van der Waals surface area contributed by atoms with Gasteiger partial charge in [0, 0.05) is 12.5 Å². The molecule has 0 aromatic heterocycles. The zero-order valence-corrected chi connectivity index (χ0v) is 14.4. The molecule has 27 heavy (non-hydrogen) atoms. The molecule has 3 N–H and O–H groups in total. The number of nitrogens with one attached hydrogen (secondary N) is 1. The van der Waals surface area contributed by atoms with Crippen molar-refractivity contribution >= 4 is 22.6 Å². The molecule has 0 aliphatic rings. The highest BCUT2D eigenvalue weighted by atomic mass is 19.1. The molecule has 3 aromatic carbocycles. The van der Waals surface area contributed by atoms with Gasteiger partial charge < -0.3 is 11.1 Å². The van der Waals surface area contributed by atoms with E-state index in [2.05, 4.69) is 5.32 Å². The number of amides is 2. The Kier molecular flexibility index (Phi) is 5.45. The molecule has 0 spiro atoms. The number of benzene rings is 3. The van der Waals surface area contributed by atoms with E-state index in [1.54, 1.807) is 0 Å². The Hall–Kier alpha value is -3.28. The van der Waals surface area contributed by atoms with E-state index in [9.17, 15) is 18.4 Å². The van der Waals surface area contributed by atoms with Crippen LogP contribution in [0.1, 0.15) is 11.1 Å². The highest BCUT2D eigenvalue weighted by Gasteiger charge is 2.20. The van der Waals surface area contributed by atoms with Gasteiger partial charge in [0.25, 0.3) is 0 Å². The molecule has 0 radical (unpaired) electrons. The summed E-state index contributed by atoms with van der Waals surface area (Å²) in [6, 6.07) is 15.4. The van der Waals surface area contributed by atoms with Crippen LogP contribution in [0.3, 0.4) is 0 Å². The molecular formula is C21H18F2N2O2. The Balaban J connectivity index is 1.75. The Morgan fingerprint density at radius 3 is 2.44 bits per heavy atom. The molecule has 0 aliphatic heterocycles. The summed E-state index contributed by atoms with van der Waals surface area (Å²) in [7, 11) is 0. The van der Waals surface area contributed by atoms with Gasteiger partial charge in [-0.15, -0.1) is 0 Å². The van der Waals surface area contributed by atoms with E-state index in [1.165, 1.54) is 6.07 Å². The van der Waals surface area contributed by atoms with Gasteiger partial charge in [0.15, 0.2) is 0 Å². The third-order valence-electron chi connectivity index (χ3n) is 4.35. The van der Waals surface area contributed by atoms with Crippen molar-refractivity contribution in [2.75, 3.05) is 0 Å². The monoisotopic (exact) mass is 368 g/mol. The molecule has 0 bridgehead atoms. The first-order valence-corrected chi connectivity index (χ1v) is 8.43. The topological polar surface area (TPSA) is 72.2 Å². The fourth-order valence-electron chi connectivity index (χ4n) is 3.00. The number of primary amides is 1. The number of hydrogen-bond donors (Lipinski definition) is 2. The first-order valence-electron chi connectivity index (χ1n) is 8.43. The van der Waals surface area contributed by atoms with Crippen LogP contribution in [0, 0.1) is 11.6 Å². The molecule has 0 heterocycles. The summed E-state index contributed by atoms with van der Waals surface area (Å²) < 4.78 is 26.7. The zero-order valence-electron chi connectivity index (χ0n) is 14.4. The molecule has 138 valence electrons. The second-order valence-corrected chi connectivity index (χ2v) is 6.28. The number of carbonyl (C=O) groups excluding carboxylic acids is 2. The molecule has 1 atom stereocenters. The number of hydrogen-bond acceptors (Lipinski definition) is 2. The van der Waals surface area contributed by atoms with Crippen molar-refractivity contribution in [2.45, 2.75) is 18.9 Å². The van der Waals surface area contributed by atoms with Gasteiger partial charge in [-0.2, -0.15) is 0 Å². The number of carbonyl (C=O) groups is 2. The maximum absolute atomic E-state index is 13.7. The van der Waals surface area contributed by atoms with E-state index in [0.717, 1.165) is 22.4 Å². The molecule has 0 unspecified atom stereocenters. The molecule has 3 rings (SSSR count). The average Bonchev–Trinajstić information content (AvgIpc) is 2.63. The van der Waals surface area contributed by atoms with Crippen LogP contribution in [0.4, 0.5) is 8.78 Å². The highest BCUT2D eigenvalue weighted by Crippen LogP contribution is 2.20. The summed E-state index contributed by atoms with van der Waals surface area (Å²) in [5, 5.41) is 4.52. The zero-order chi connectivity index (χ0) is 19.4. The lowest BCUT2D eigenvalue weighted by atomic mass is 9.98. The number of nitrogens with two attached hydrogens (primary N) is 1. The third kappa shape index (κ3) is 4.47. The van der Waals surface area contributed by atoms with Crippen LogP contribution in [0.5, 0.6) is 0 Å². The van der Waals surface area contributed by atoms with E-state index in [1.807, 2.05) is 42.5 Å². The van der Waals surface area contributed by atoms with Gasteiger partial charge in [-0.3, -0.25) is 9.59 Å². The van der Waals surface area contributed by atoms with Crippen molar-refractivity contribution in [3.8, 4) is 0 Å². The van der Waals surface area contributed by atoms with Crippen LogP contribution in [-0.2, 0) is 22.4 Å². The van der Waals surface area contributed by atoms with Gasteiger partial charge in [-0.1, -0.05) is 48.5 Å². The predicted octanol–water partition coefficient (Wildman–Crippen LogP) is 2.87. The van der Waals surface area contributed by atoms with Crippen LogP contribution in [0.2, 0.25) is 0 Å². The third-order valence-corrected chi connectivity index (χ3v) is 4.35. The maximum Gasteiger partial charge on any atom is 0.240 e. The maximum atomic E-state index is 13.7. The van der Waals surface area contributed by atoms with Crippen molar-refractivity contribution in [3.63, 3.8) is 0 Å². The number of rotatable bonds is 6. The fourth-order valence-corrected chi connectivity index (χ4v) is 3.00. The average molecular weight is 368 g/mol. The molecule has 6 heteroatoms. The lowest BCUT2D eigenvalue weighted by molar-refractivity contribution is -0.127. The Morgan fingerprint density at radius 2 is 1.70 bits per heavy atom. The Morgan fingerprint density at radius 1 is 0.963 bits per heavy atom. The smallest absolute Gasteiger partial charge is 0.240 e. The van der Waals surface area contributed by atoms with E-state index in [0.29, 0.717) is 6.07 Å². The largest absolute Gasteiger partial charge is 0.368 e. The van der Waals surface area contributed by atoms with Gasteiger partial charge in [-0.25, -0.2) is 8.78 Å². The van der Waals surface area contributed by atoms with Crippen molar-refractivity contribution in [3.05, 3.63) is 83.4 Å². The summed E-state index contributed by atoms with van der Waals surface area (Å²) in [5.41, 5.74) is 6.35. The van der Waals surface area contributed by atoms with Gasteiger partial charge in [0.1, 0.15) is 17.7 Å². The number of halogens is 2. The second kappa shape index (κ2) is 7.95. The minimum Gasteiger partial charge on any atom is -0.368 e. The minimum atomic E-state index is -0.938. The standard InChI is InChI=1S/C21H18F2N2O2/c22-16-9-8-15(18(23)12-16)11-20(26)25-19(21(24)27)10-14-6-3-5-13-4-1-2-7-17(13)14/h1-9,12,19H,10-11H2,(H2,24,27)(H,25,26)/t19-/m1/s1. The van der Waals surface area contributed by atoms with Crippen molar-refractivity contribution in [1.29, 1.82) is 0 Å². The van der Waals surface area contributed by atoms with Gasteiger partial charge >= 0.3 is 0 Å². The van der Waals surface area contributed by atoms with E-state index < -0.39 is 29.5 Å². The van der Waals surface area contributed by atoms with Crippen LogP contribution >= 0.6 is 0 Å². The quantitative estimate of drug-likeness (QED) is 0.702. The molecule has 3 aromatic rings. The van der Waals surface area contributed by atoms with E-state index in [4.69, 9.17) is 5.73 Å². The molecular weight excluding hydrogens is 350 g/mol. The Bertz CT molecular complexity index is 999. The summed E-state index contributed by atoms with van der Waals surface area (Å²) in [4.78, 5) is 24.1.